The summed E-state index contributed by atoms with van der Waals surface area (Å²) in [6.07, 6.45) is 0. The Hall–Kier alpha value is -0.570. The van der Waals surface area contributed by atoms with Gasteiger partial charge in [-0.05, 0) is 0 Å². The van der Waals surface area contributed by atoms with Gasteiger partial charge in [0.2, 0.25) is 0 Å². The van der Waals surface area contributed by atoms with Gasteiger partial charge >= 0.3 is 5.97 Å². The first-order valence-corrected chi connectivity index (χ1v) is 2.87. The fourth-order valence-electron chi connectivity index (χ4n) is 0.177. The van der Waals surface area contributed by atoms with Crippen molar-refractivity contribution < 1.29 is 14.3 Å². The van der Waals surface area contributed by atoms with E-state index in [9.17, 15) is 4.79 Å². The Labute approximate surface area is 56.0 Å². The molecule has 0 aliphatic rings. The molecule has 0 heterocycles. The molecule has 0 aromatic rings. The number of carbonyl (C=O) groups excluding carboxylic acids is 1. The van der Waals surface area contributed by atoms with E-state index in [0.717, 1.165) is 0 Å². The zero-order valence-corrected chi connectivity index (χ0v) is 6.43. The van der Waals surface area contributed by atoms with E-state index in [1.54, 1.807) is 0 Å². The summed E-state index contributed by atoms with van der Waals surface area (Å²) >= 11 is 0. The topological polar surface area (TPSA) is 35.5 Å². The van der Waals surface area contributed by atoms with Crippen LogP contribution in [-0.4, -0.2) is 26.8 Å². The van der Waals surface area contributed by atoms with Crippen LogP contribution in [0.25, 0.3) is 0 Å². The zero-order chi connectivity index (χ0) is 7.70. The van der Waals surface area contributed by atoms with Gasteiger partial charge in [0.25, 0.3) is 0 Å². The molecule has 0 unspecified atom stereocenters. The van der Waals surface area contributed by atoms with Gasteiger partial charge < -0.3 is 9.47 Å². The van der Waals surface area contributed by atoms with E-state index in [4.69, 9.17) is 0 Å². The van der Waals surface area contributed by atoms with E-state index in [1.165, 1.54) is 14.2 Å². The molecular formula is C6H14O3. The van der Waals surface area contributed by atoms with Crippen molar-refractivity contribution in [3.05, 3.63) is 0 Å². The molecule has 0 atom stereocenters. The van der Waals surface area contributed by atoms with Crippen LogP contribution < -0.4 is 0 Å². The molecule has 0 amide bonds. The minimum absolute atomic E-state index is 0.0382. The lowest BCUT2D eigenvalue weighted by Gasteiger charge is -1.92. The number of ether oxygens (including phenoxy) is 2. The molecule has 0 N–H and O–H groups in total. The zero-order valence-electron chi connectivity index (χ0n) is 6.43. The molecule has 9 heavy (non-hydrogen) atoms. The highest BCUT2D eigenvalue weighted by Crippen LogP contribution is 1.70. The maximum Gasteiger partial charge on any atom is 0.331 e. The lowest BCUT2D eigenvalue weighted by molar-refractivity contribution is -0.144. The monoisotopic (exact) mass is 134 g/mol. The minimum Gasteiger partial charge on any atom is -0.467 e. The standard InChI is InChI=1S/C4H8O3.C2H6/c1-6-3-4(5)7-2;1-2/h3H2,1-2H3;1-2H3. The summed E-state index contributed by atoms with van der Waals surface area (Å²) in [4.78, 5) is 10.1. The molecule has 56 valence electrons. The second-order valence-electron chi connectivity index (χ2n) is 1.01. The molecule has 0 saturated carbocycles. The Balaban J connectivity index is 0. The highest BCUT2D eigenvalue weighted by Gasteiger charge is 1.93. The molecule has 0 spiro atoms. The van der Waals surface area contributed by atoms with Crippen molar-refractivity contribution in [2.45, 2.75) is 13.8 Å². The quantitative estimate of drug-likeness (QED) is 0.525. The van der Waals surface area contributed by atoms with Gasteiger partial charge in [-0.2, -0.15) is 0 Å². The van der Waals surface area contributed by atoms with Crippen LogP contribution in [0.1, 0.15) is 13.8 Å². The van der Waals surface area contributed by atoms with E-state index in [1.807, 2.05) is 13.8 Å². The highest BCUT2D eigenvalue weighted by atomic mass is 16.6. The number of carbonyl (C=O) groups is 1. The Bertz CT molecular complexity index is 61.3. The average Bonchev–Trinajstić information content (AvgIpc) is 1.93. The summed E-state index contributed by atoms with van der Waals surface area (Å²) in [6.45, 7) is 4.04. The van der Waals surface area contributed by atoms with Crippen LogP contribution in [0.4, 0.5) is 0 Å². The molecule has 0 aromatic carbocycles. The number of hydrogen-bond donors (Lipinski definition) is 0. The van der Waals surface area contributed by atoms with Crippen molar-refractivity contribution in [3.8, 4) is 0 Å². The Morgan fingerprint density at radius 3 is 1.89 bits per heavy atom. The molecule has 0 radical (unpaired) electrons. The molecule has 0 rings (SSSR count). The van der Waals surface area contributed by atoms with Gasteiger partial charge in [0.1, 0.15) is 6.61 Å². The van der Waals surface area contributed by atoms with Gasteiger partial charge in [-0.1, -0.05) is 13.8 Å². The first-order chi connectivity index (χ1) is 4.31. The summed E-state index contributed by atoms with van der Waals surface area (Å²) in [6, 6.07) is 0. The molecule has 0 aromatic heterocycles. The third-order valence-electron chi connectivity index (χ3n) is 0.490. The van der Waals surface area contributed by atoms with Gasteiger partial charge in [-0.25, -0.2) is 4.79 Å². The van der Waals surface area contributed by atoms with Gasteiger partial charge in [0, 0.05) is 7.11 Å². The molecule has 0 fully saturated rings. The third kappa shape index (κ3) is 11.2. The largest absolute Gasteiger partial charge is 0.467 e. The van der Waals surface area contributed by atoms with Gasteiger partial charge in [-0.15, -0.1) is 0 Å². The fourth-order valence-corrected chi connectivity index (χ4v) is 0.177. The van der Waals surface area contributed by atoms with E-state index < -0.39 is 0 Å². The Morgan fingerprint density at radius 1 is 1.33 bits per heavy atom. The van der Waals surface area contributed by atoms with Crippen molar-refractivity contribution >= 4 is 5.97 Å². The number of hydrogen-bond acceptors (Lipinski definition) is 3. The maximum atomic E-state index is 10.1. The third-order valence-corrected chi connectivity index (χ3v) is 0.490. The van der Waals surface area contributed by atoms with Crippen molar-refractivity contribution in [2.75, 3.05) is 20.8 Å². The molecular weight excluding hydrogens is 120 g/mol. The van der Waals surface area contributed by atoms with Crippen LogP contribution in [0.5, 0.6) is 0 Å². The first kappa shape index (κ1) is 11.3. The van der Waals surface area contributed by atoms with Crippen LogP contribution >= 0.6 is 0 Å². The molecule has 0 saturated heterocycles. The van der Waals surface area contributed by atoms with Crippen LogP contribution in [0, 0.1) is 0 Å². The van der Waals surface area contributed by atoms with E-state index >= 15 is 0 Å². The predicted molar refractivity (Wildman–Crippen MR) is 35.2 cm³/mol. The number of methoxy groups -OCH3 is 2. The van der Waals surface area contributed by atoms with Crippen LogP contribution in [0.15, 0.2) is 0 Å². The predicted octanol–water partition coefficient (Wildman–Crippen LogP) is 0.832. The summed E-state index contributed by atoms with van der Waals surface area (Å²) in [5.74, 6) is -0.345. The highest BCUT2D eigenvalue weighted by molar-refractivity contribution is 5.70. The van der Waals surface area contributed by atoms with Crippen LogP contribution in [-0.2, 0) is 14.3 Å². The van der Waals surface area contributed by atoms with Crippen LogP contribution in [0.3, 0.4) is 0 Å². The second kappa shape index (κ2) is 10.4. The maximum absolute atomic E-state index is 10.1. The SMILES string of the molecule is CC.COCC(=O)OC. The van der Waals surface area contributed by atoms with Crippen molar-refractivity contribution in [1.82, 2.24) is 0 Å². The van der Waals surface area contributed by atoms with Gasteiger partial charge in [-0.3, -0.25) is 0 Å². The van der Waals surface area contributed by atoms with Crippen molar-refractivity contribution in [1.29, 1.82) is 0 Å². The van der Waals surface area contributed by atoms with Gasteiger partial charge in [0.15, 0.2) is 0 Å². The normalized spacial score (nSPS) is 7.11. The van der Waals surface area contributed by atoms with E-state index in [-0.39, 0.29) is 12.6 Å². The van der Waals surface area contributed by atoms with Crippen molar-refractivity contribution in [2.24, 2.45) is 0 Å². The molecule has 3 heteroatoms. The van der Waals surface area contributed by atoms with Crippen LogP contribution in [0.2, 0.25) is 0 Å². The summed E-state index contributed by atoms with van der Waals surface area (Å²) < 4.78 is 8.65. The number of rotatable bonds is 2. The van der Waals surface area contributed by atoms with E-state index in [2.05, 4.69) is 9.47 Å². The fraction of sp³-hybridized carbons (Fsp3) is 0.833. The lowest BCUT2D eigenvalue weighted by atomic mass is 10.7. The summed E-state index contributed by atoms with van der Waals surface area (Å²) in [5, 5.41) is 0. The number of esters is 1. The summed E-state index contributed by atoms with van der Waals surface area (Å²) in [7, 11) is 2.76. The lowest BCUT2D eigenvalue weighted by Crippen LogP contribution is -2.07. The molecule has 0 aliphatic carbocycles. The van der Waals surface area contributed by atoms with Crippen molar-refractivity contribution in [3.63, 3.8) is 0 Å². The Kier molecular flexibility index (Phi) is 13.0. The molecule has 0 aliphatic heterocycles. The smallest absolute Gasteiger partial charge is 0.331 e. The van der Waals surface area contributed by atoms with Gasteiger partial charge in [0.05, 0.1) is 7.11 Å². The average molecular weight is 134 g/mol. The Morgan fingerprint density at radius 2 is 1.78 bits per heavy atom. The summed E-state index contributed by atoms with van der Waals surface area (Å²) in [5.41, 5.74) is 0. The first-order valence-electron chi connectivity index (χ1n) is 2.87. The minimum atomic E-state index is -0.345. The molecule has 3 nitrogen and oxygen atoms in total. The second-order valence-corrected chi connectivity index (χ2v) is 1.01. The molecule has 0 bridgehead atoms. The van der Waals surface area contributed by atoms with E-state index in [0.29, 0.717) is 0 Å².